The minimum absolute atomic E-state index is 0.0851. The van der Waals surface area contributed by atoms with Gasteiger partial charge in [0, 0.05) is 4.88 Å². The van der Waals surface area contributed by atoms with Gasteiger partial charge in [0.15, 0.2) is 0 Å². The average molecular weight is 242 g/mol. The number of hydrogen-bond acceptors (Lipinski definition) is 4. The molecule has 90 valence electrons. The summed E-state index contributed by atoms with van der Waals surface area (Å²) in [7, 11) is 0. The third-order valence-corrected chi connectivity index (χ3v) is 3.64. The highest BCUT2D eigenvalue weighted by molar-refractivity contribution is 7.11. The summed E-state index contributed by atoms with van der Waals surface area (Å²) >= 11 is 1.51. The highest BCUT2D eigenvalue weighted by Crippen LogP contribution is 2.20. The Morgan fingerprint density at radius 2 is 2.06 bits per heavy atom. The number of aromatic nitrogens is 1. The molecular formula is C11H18N2O2S. The molecule has 0 aliphatic rings. The minimum atomic E-state index is -0.791. The molecular weight excluding hydrogens is 224 g/mol. The predicted octanol–water partition coefficient (Wildman–Crippen LogP) is 1.92. The van der Waals surface area contributed by atoms with Crippen molar-refractivity contribution in [1.82, 2.24) is 9.88 Å². The van der Waals surface area contributed by atoms with E-state index in [2.05, 4.69) is 23.7 Å². The van der Waals surface area contributed by atoms with E-state index in [-0.39, 0.29) is 6.42 Å². The van der Waals surface area contributed by atoms with Crippen LogP contribution in [-0.2, 0) is 17.8 Å². The lowest BCUT2D eigenvalue weighted by molar-refractivity contribution is -0.136. The van der Waals surface area contributed by atoms with Crippen molar-refractivity contribution < 1.29 is 9.90 Å². The van der Waals surface area contributed by atoms with Crippen LogP contribution in [0.15, 0.2) is 0 Å². The van der Waals surface area contributed by atoms with Gasteiger partial charge in [-0.1, -0.05) is 13.8 Å². The van der Waals surface area contributed by atoms with Crippen molar-refractivity contribution in [3.05, 3.63) is 15.6 Å². The molecule has 0 amide bonds. The first-order valence-electron chi connectivity index (χ1n) is 5.46. The van der Waals surface area contributed by atoms with E-state index in [0.29, 0.717) is 0 Å². The Bertz CT molecular complexity index is 359. The normalized spacial score (nSPS) is 11.0. The van der Waals surface area contributed by atoms with Gasteiger partial charge in [-0.25, -0.2) is 4.98 Å². The Morgan fingerprint density at radius 1 is 1.44 bits per heavy atom. The van der Waals surface area contributed by atoms with Gasteiger partial charge in [-0.3, -0.25) is 9.69 Å². The van der Waals surface area contributed by atoms with Crippen LogP contribution in [0.1, 0.15) is 29.4 Å². The van der Waals surface area contributed by atoms with E-state index in [1.54, 1.807) is 0 Å². The van der Waals surface area contributed by atoms with Crippen LogP contribution in [0, 0.1) is 6.92 Å². The number of carboxylic acid groups (broad SMARTS) is 1. The number of rotatable bonds is 6. The van der Waals surface area contributed by atoms with Crippen LogP contribution in [-0.4, -0.2) is 34.0 Å². The number of hydrogen-bond donors (Lipinski definition) is 1. The molecule has 1 N–H and O–H groups in total. The Labute approximate surface area is 99.9 Å². The van der Waals surface area contributed by atoms with Gasteiger partial charge in [0.25, 0.3) is 0 Å². The number of thiazole rings is 1. The zero-order chi connectivity index (χ0) is 12.1. The zero-order valence-corrected chi connectivity index (χ0v) is 10.8. The van der Waals surface area contributed by atoms with Crippen LogP contribution < -0.4 is 0 Å². The highest BCUT2D eigenvalue weighted by atomic mass is 32.1. The van der Waals surface area contributed by atoms with E-state index in [1.807, 2.05) is 6.92 Å². The molecule has 0 fully saturated rings. The van der Waals surface area contributed by atoms with Gasteiger partial charge in [0.2, 0.25) is 0 Å². The lowest BCUT2D eigenvalue weighted by atomic mass is 10.3. The van der Waals surface area contributed by atoms with Gasteiger partial charge in [-0.05, 0) is 20.0 Å². The first-order chi connectivity index (χ1) is 7.56. The molecule has 0 unspecified atom stereocenters. The van der Waals surface area contributed by atoms with Crippen LogP contribution in [0.5, 0.6) is 0 Å². The number of aliphatic carboxylic acids is 1. The van der Waals surface area contributed by atoms with E-state index >= 15 is 0 Å². The summed E-state index contributed by atoms with van der Waals surface area (Å²) in [4.78, 5) is 18.2. The number of aryl methyl sites for hydroxylation is 1. The SMILES string of the molecule is CCN(CC)Cc1nc(C)c(CC(=O)O)s1. The fourth-order valence-electron chi connectivity index (χ4n) is 1.50. The van der Waals surface area contributed by atoms with Gasteiger partial charge in [0.1, 0.15) is 5.01 Å². The quantitative estimate of drug-likeness (QED) is 0.828. The molecule has 0 spiro atoms. The van der Waals surface area contributed by atoms with E-state index in [4.69, 9.17) is 5.11 Å². The van der Waals surface area contributed by atoms with Crippen LogP contribution in [0.25, 0.3) is 0 Å². The standard InChI is InChI=1S/C11H18N2O2S/c1-4-13(5-2)7-10-12-8(3)9(16-10)6-11(14)15/h4-7H2,1-3H3,(H,14,15). The molecule has 0 saturated carbocycles. The molecule has 0 saturated heterocycles. The van der Waals surface area contributed by atoms with Gasteiger partial charge in [-0.2, -0.15) is 0 Å². The molecule has 0 bridgehead atoms. The van der Waals surface area contributed by atoms with Gasteiger partial charge < -0.3 is 5.11 Å². The van der Waals surface area contributed by atoms with E-state index in [9.17, 15) is 4.79 Å². The molecule has 5 heteroatoms. The van der Waals surface area contributed by atoms with Crippen molar-refractivity contribution in [2.45, 2.75) is 33.7 Å². The molecule has 4 nitrogen and oxygen atoms in total. The summed E-state index contributed by atoms with van der Waals surface area (Å²) in [5.74, 6) is -0.791. The summed E-state index contributed by atoms with van der Waals surface area (Å²) in [6.07, 6.45) is 0.0851. The topological polar surface area (TPSA) is 53.4 Å². The van der Waals surface area contributed by atoms with E-state index in [0.717, 1.165) is 35.2 Å². The monoisotopic (exact) mass is 242 g/mol. The average Bonchev–Trinajstić information content (AvgIpc) is 2.55. The van der Waals surface area contributed by atoms with Crippen molar-refractivity contribution in [2.75, 3.05) is 13.1 Å². The van der Waals surface area contributed by atoms with E-state index < -0.39 is 5.97 Å². The third kappa shape index (κ3) is 3.57. The maximum atomic E-state index is 10.6. The molecule has 0 aliphatic heterocycles. The van der Waals surface area contributed by atoms with Crippen molar-refractivity contribution in [1.29, 1.82) is 0 Å². The highest BCUT2D eigenvalue weighted by Gasteiger charge is 2.12. The maximum absolute atomic E-state index is 10.6. The number of carboxylic acids is 1. The van der Waals surface area contributed by atoms with Gasteiger partial charge in [-0.15, -0.1) is 11.3 Å². The molecule has 16 heavy (non-hydrogen) atoms. The Hall–Kier alpha value is -0.940. The summed E-state index contributed by atoms with van der Waals surface area (Å²) < 4.78 is 0. The van der Waals surface area contributed by atoms with Gasteiger partial charge >= 0.3 is 5.97 Å². The molecule has 0 aliphatic carbocycles. The Kier molecular flexibility index (Phi) is 4.89. The van der Waals surface area contributed by atoms with Crippen LogP contribution in [0.4, 0.5) is 0 Å². The first-order valence-corrected chi connectivity index (χ1v) is 6.27. The lowest BCUT2D eigenvalue weighted by Gasteiger charge is -2.15. The van der Waals surface area contributed by atoms with Crippen molar-refractivity contribution in [2.24, 2.45) is 0 Å². The Balaban J connectivity index is 2.72. The van der Waals surface area contributed by atoms with Crippen molar-refractivity contribution >= 4 is 17.3 Å². The zero-order valence-electron chi connectivity index (χ0n) is 9.99. The predicted molar refractivity (Wildman–Crippen MR) is 64.8 cm³/mol. The summed E-state index contributed by atoms with van der Waals surface area (Å²) in [5.41, 5.74) is 0.856. The lowest BCUT2D eigenvalue weighted by Crippen LogP contribution is -2.21. The van der Waals surface area contributed by atoms with Gasteiger partial charge in [0.05, 0.1) is 18.7 Å². The van der Waals surface area contributed by atoms with Crippen LogP contribution in [0.2, 0.25) is 0 Å². The third-order valence-electron chi connectivity index (χ3n) is 2.50. The second kappa shape index (κ2) is 5.96. The molecule has 0 aromatic carbocycles. The van der Waals surface area contributed by atoms with E-state index in [1.165, 1.54) is 11.3 Å². The second-order valence-corrected chi connectivity index (χ2v) is 4.82. The number of nitrogens with zero attached hydrogens (tertiary/aromatic N) is 2. The largest absolute Gasteiger partial charge is 0.481 e. The van der Waals surface area contributed by atoms with Crippen molar-refractivity contribution in [3.8, 4) is 0 Å². The first kappa shape index (κ1) is 13.1. The minimum Gasteiger partial charge on any atom is -0.481 e. The molecule has 0 radical (unpaired) electrons. The number of carbonyl (C=O) groups is 1. The Morgan fingerprint density at radius 3 is 2.56 bits per heavy atom. The van der Waals surface area contributed by atoms with Crippen molar-refractivity contribution in [3.63, 3.8) is 0 Å². The fourth-order valence-corrected chi connectivity index (χ4v) is 2.60. The summed E-state index contributed by atoms with van der Waals surface area (Å²) in [5, 5.41) is 9.75. The molecule has 1 aromatic rings. The molecule has 1 aromatic heterocycles. The molecule has 0 atom stereocenters. The maximum Gasteiger partial charge on any atom is 0.308 e. The molecule has 1 heterocycles. The smallest absolute Gasteiger partial charge is 0.308 e. The second-order valence-electron chi connectivity index (χ2n) is 3.65. The van der Waals surface area contributed by atoms with Crippen LogP contribution in [0.3, 0.4) is 0 Å². The summed E-state index contributed by atoms with van der Waals surface area (Å²) in [6.45, 7) is 8.90. The molecule has 1 rings (SSSR count). The summed E-state index contributed by atoms with van der Waals surface area (Å²) in [6, 6.07) is 0. The van der Waals surface area contributed by atoms with Crippen LogP contribution >= 0.6 is 11.3 Å². The fraction of sp³-hybridized carbons (Fsp3) is 0.636.